The second-order valence-corrected chi connectivity index (χ2v) is 4.84. The van der Waals surface area contributed by atoms with Crippen molar-refractivity contribution in [3.8, 4) is 0 Å². The van der Waals surface area contributed by atoms with Crippen LogP contribution < -0.4 is 0 Å². The Morgan fingerprint density at radius 3 is 2.89 bits per heavy atom. The van der Waals surface area contributed by atoms with Crippen LogP contribution in [0.2, 0.25) is 0 Å². The lowest BCUT2D eigenvalue weighted by Gasteiger charge is -2.32. The molecular formula is C14H16O4. The lowest BCUT2D eigenvalue weighted by molar-refractivity contribution is -0.140. The summed E-state index contributed by atoms with van der Waals surface area (Å²) in [5, 5.41) is 0. The normalized spacial score (nSPS) is 34.3. The SMILES string of the molecule is C[C@@H]1[C@@H]2CO[C@H](C[C@H]1OC(=O)c1ccccc1)O2. The number of benzene rings is 1. The van der Waals surface area contributed by atoms with Gasteiger partial charge in [0.1, 0.15) is 6.10 Å². The smallest absolute Gasteiger partial charge is 0.338 e. The molecule has 1 aromatic carbocycles. The Morgan fingerprint density at radius 1 is 1.33 bits per heavy atom. The van der Waals surface area contributed by atoms with Crippen molar-refractivity contribution in [3.05, 3.63) is 35.9 Å². The van der Waals surface area contributed by atoms with E-state index >= 15 is 0 Å². The first-order chi connectivity index (χ1) is 8.74. The van der Waals surface area contributed by atoms with Gasteiger partial charge < -0.3 is 14.2 Å². The fourth-order valence-corrected chi connectivity index (χ4v) is 2.45. The molecule has 0 radical (unpaired) electrons. The highest BCUT2D eigenvalue weighted by Crippen LogP contribution is 2.33. The third kappa shape index (κ3) is 2.13. The molecule has 2 bridgehead atoms. The summed E-state index contributed by atoms with van der Waals surface area (Å²) in [5.74, 6) is -0.0924. The Bertz CT molecular complexity index is 431. The molecule has 4 nitrogen and oxygen atoms in total. The van der Waals surface area contributed by atoms with E-state index in [2.05, 4.69) is 0 Å². The topological polar surface area (TPSA) is 44.8 Å². The maximum absolute atomic E-state index is 12.0. The molecule has 0 aromatic heterocycles. The molecule has 0 N–H and O–H groups in total. The van der Waals surface area contributed by atoms with Crippen LogP contribution in [-0.4, -0.2) is 31.1 Å². The number of ether oxygens (including phenoxy) is 3. The maximum atomic E-state index is 12.0. The Balaban J connectivity index is 1.68. The summed E-state index contributed by atoms with van der Waals surface area (Å²) < 4.78 is 16.6. The summed E-state index contributed by atoms with van der Waals surface area (Å²) in [6.07, 6.45) is 0.344. The van der Waals surface area contributed by atoms with Gasteiger partial charge in [0.05, 0.1) is 18.3 Å². The average Bonchev–Trinajstić information content (AvgIpc) is 2.81. The lowest BCUT2D eigenvalue weighted by Crippen LogP contribution is -2.40. The Hall–Kier alpha value is -1.39. The monoisotopic (exact) mass is 248 g/mol. The van der Waals surface area contributed by atoms with Crippen LogP contribution in [0.3, 0.4) is 0 Å². The summed E-state index contributed by atoms with van der Waals surface area (Å²) >= 11 is 0. The van der Waals surface area contributed by atoms with E-state index in [1.54, 1.807) is 12.1 Å². The maximum Gasteiger partial charge on any atom is 0.338 e. The van der Waals surface area contributed by atoms with Crippen molar-refractivity contribution in [1.29, 1.82) is 0 Å². The van der Waals surface area contributed by atoms with Gasteiger partial charge >= 0.3 is 5.97 Å². The van der Waals surface area contributed by atoms with E-state index in [4.69, 9.17) is 14.2 Å². The quantitative estimate of drug-likeness (QED) is 0.751. The van der Waals surface area contributed by atoms with Crippen LogP contribution in [0.5, 0.6) is 0 Å². The zero-order valence-electron chi connectivity index (χ0n) is 10.2. The summed E-state index contributed by atoms with van der Waals surface area (Å²) in [7, 11) is 0. The average molecular weight is 248 g/mol. The van der Waals surface area contributed by atoms with Gasteiger partial charge in [-0.3, -0.25) is 0 Å². The molecule has 2 aliphatic rings. The molecular weight excluding hydrogens is 232 g/mol. The van der Waals surface area contributed by atoms with Crippen LogP contribution in [0.15, 0.2) is 30.3 Å². The van der Waals surface area contributed by atoms with Gasteiger partial charge in [-0.05, 0) is 12.1 Å². The predicted molar refractivity (Wildman–Crippen MR) is 64.0 cm³/mol. The van der Waals surface area contributed by atoms with Crippen molar-refractivity contribution >= 4 is 5.97 Å². The molecule has 2 heterocycles. The molecule has 1 aromatic rings. The van der Waals surface area contributed by atoms with E-state index in [1.165, 1.54) is 0 Å². The van der Waals surface area contributed by atoms with Crippen molar-refractivity contribution in [2.45, 2.75) is 31.8 Å². The van der Waals surface area contributed by atoms with Crippen LogP contribution in [0.4, 0.5) is 0 Å². The molecule has 4 atom stereocenters. The molecule has 96 valence electrons. The van der Waals surface area contributed by atoms with E-state index in [0.29, 0.717) is 18.6 Å². The number of carbonyl (C=O) groups excluding carboxylic acids is 1. The molecule has 0 saturated carbocycles. The molecule has 0 unspecified atom stereocenters. The summed E-state index contributed by atoms with van der Waals surface area (Å²) in [6.45, 7) is 2.64. The van der Waals surface area contributed by atoms with E-state index < -0.39 is 0 Å². The fourth-order valence-electron chi connectivity index (χ4n) is 2.45. The Kier molecular flexibility index (Phi) is 3.06. The van der Waals surface area contributed by atoms with Gasteiger partial charge in [0.15, 0.2) is 6.29 Å². The van der Waals surface area contributed by atoms with Gasteiger partial charge in [-0.1, -0.05) is 25.1 Å². The molecule has 2 aliphatic heterocycles. The van der Waals surface area contributed by atoms with Crippen molar-refractivity contribution in [2.75, 3.05) is 6.61 Å². The van der Waals surface area contributed by atoms with Crippen LogP contribution in [0, 0.1) is 5.92 Å². The Labute approximate surface area is 106 Å². The number of esters is 1. The highest BCUT2D eigenvalue weighted by Gasteiger charge is 2.43. The number of fused-ring (bicyclic) bond motifs is 2. The van der Waals surface area contributed by atoms with Crippen molar-refractivity contribution in [3.63, 3.8) is 0 Å². The third-order valence-corrected chi connectivity index (χ3v) is 3.64. The van der Waals surface area contributed by atoms with Gasteiger partial charge in [-0.2, -0.15) is 0 Å². The largest absolute Gasteiger partial charge is 0.458 e. The Morgan fingerprint density at radius 2 is 2.11 bits per heavy atom. The van der Waals surface area contributed by atoms with Crippen molar-refractivity contribution in [2.24, 2.45) is 5.92 Å². The molecule has 0 aliphatic carbocycles. The summed E-state index contributed by atoms with van der Waals surface area (Å²) in [4.78, 5) is 12.0. The summed E-state index contributed by atoms with van der Waals surface area (Å²) in [6, 6.07) is 9.06. The zero-order chi connectivity index (χ0) is 12.5. The van der Waals surface area contributed by atoms with Crippen molar-refractivity contribution in [1.82, 2.24) is 0 Å². The predicted octanol–water partition coefficient (Wildman–Crippen LogP) is 1.99. The lowest BCUT2D eigenvalue weighted by atomic mass is 9.94. The molecule has 2 saturated heterocycles. The minimum atomic E-state index is -0.270. The second-order valence-electron chi connectivity index (χ2n) is 4.84. The van der Waals surface area contributed by atoms with Gasteiger partial charge in [-0.15, -0.1) is 0 Å². The van der Waals surface area contributed by atoms with E-state index in [9.17, 15) is 4.79 Å². The first-order valence-corrected chi connectivity index (χ1v) is 6.27. The first kappa shape index (κ1) is 11.7. The van der Waals surface area contributed by atoms with Crippen LogP contribution in [-0.2, 0) is 14.2 Å². The minimum absolute atomic E-state index is 0.0531. The fraction of sp³-hybridized carbons (Fsp3) is 0.500. The number of hydrogen-bond acceptors (Lipinski definition) is 4. The van der Waals surface area contributed by atoms with Crippen LogP contribution >= 0.6 is 0 Å². The number of carbonyl (C=O) groups is 1. The zero-order valence-corrected chi connectivity index (χ0v) is 10.2. The molecule has 0 amide bonds. The van der Waals surface area contributed by atoms with Gasteiger partial charge in [-0.25, -0.2) is 4.79 Å². The molecule has 0 spiro atoms. The molecule has 4 heteroatoms. The highest BCUT2D eigenvalue weighted by atomic mass is 16.7. The number of rotatable bonds is 2. The standard InChI is InChI=1S/C14H16O4/c1-9-11(7-13-16-8-12(9)17-13)18-14(15)10-5-3-2-4-6-10/h2-6,9,11-13H,7-8H2,1H3/t9-,11+,12-,13-/m0/s1. The third-order valence-electron chi connectivity index (χ3n) is 3.64. The van der Waals surface area contributed by atoms with Gasteiger partial charge in [0, 0.05) is 12.3 Å². The molecule has 2 fully saturated rings. The van der Waals surface area contributed by atoms with E-state index in [1.807, 2.05) is 25.1 Å². The van der Waals surface area contributed by atoms with E-state index in [0.717, 1.165) is 0 Å². The van der Waals surface area contributed by atoms with Crippen LogP contribution in [0.25, 0.3) is 0 Å². The van der Waals surface area contributed by atoms with Gasteiger partial charge in [0.25, 0.3) is 0 Å². The highest BCUT2D eigenvalue weighted by molar-refractivity contribution is 5.89. The molecule has 3 rings (SSSR count). The minimum Gasteiger partial charge on any atom is -0.458 e. The molecule has 18 heavy (non-hydrogen) atoms. The van der Waals surface area contributed by atoms with E-state index in [-0.39, 0.29) is 30.4 Å². The summed E-state index contributed by atoms with van der Waals surface area (Å²) in [5.41, 5.74) is 0.587. The first-order valence-electron chi connectivity index (χ1n) is 6.27. The van der Waals surface area contributed by atoms with Crippen LogP contribution in [0.1, 0.15) is 23.7 Å². The van der Waals surface area contributed by atoms with Gasteiger partial charge in [0.2, 0.25) is 0 Å². The number of hydrogen-bond donors (Lipinski definition) is 0. The second kappa shape index (κ2) is 4.71. The van der Waals surface area contributed by atoms with Crippen molar-refractivity contribution < 1.29 is 19.0 Å².